The molecule has 0 fully saturated rings. The van der Waals surface area contributed by atoms with Crippen molar-refractivity contribution in [2.24, 2.45) is 0 Å². The molecule has 0 aliphatic carbocycles. The van der Waals surface area contributed by atoms with Crippen LogP contribution >= 0.6 is 7.75 Å². The maximum atomic E-state index is 13.5. The van der Waals surface area contributed by atoms with Crippen molar-refractivity contribution in [1.82, 2.24) is 5.09 Å². The van der Waals surface area contributed by atoms with Crippen molar-refractivity contribution in [3.8, 4) is 5.75 Å². The number of carboxylic acid groups (broad SMARTS) is 1. The van der Waals surface area contributed by atoms with E-state index >= 15 is 0 Å². The van der Waals surface area contributed by atoms with E-state index in [9.17, 15) is 31.3 Å². The smallest absolute Gasteiger partial charge is 0.459 e. The average molecular weight is 363 g/mol. The molecule has 0 amide bonds. The summed E-state index contributed by atoms with van der Waals surface area (Å²) in [5.74, 6) is -15.2. The summed E-state index contributed by atoms with van der Waals surface area (Å²) in [6.45, 7) is 1.91. The number of nitrogens with one attached hydrogen (secondary N) is 1. The van der Waals surface area contributed by atoms with Gasteiger partial charge in [0.2, 0.25) is 34.8 Å². The lowest BCUT2D eigenvalue weighted by molar-refractivity contribution is -0.138. The molecule has 1 aromatic rings. The summed E-state index contributed by atoms with van der Waals surface area (Å²) < 4.78 is 87.1. The van der Waals surface area contributed by atoms with Crippen LogP contribution in [0.3, 0.4) is 0 Å². The first-order chi connectivity index (χ1) is 10.5. The molecule has 0 bridgehead atoms. The first-order valence-electron chi connectivity index (χ1n) is 6.00. The zero-order chi connectivity index (χ0) is 17.9. The van der Waals surface area contributed by atoms with Gasteiger partial charge in [-0.3, -0.25) is 9.32 Å². The molecule has 0 spiro atoms. The Kier molecular flexibility index (Phi) is 6.09. The zero-order valence-corrected chi connectivity index (χ0v) is 12.6. The quantitative estimate of drug-likeness (QED) is 0.335. The van der Waals surface area contributed by atoms with Gasteiger partial charge in [0, 0.05) is 0 Å². The van der Waals surface area contributed by atoms with Crippen LogP contribution in [0.15, 0.2) is 0 Å². The Balaban J connectivity index is 3.30. The minimum atomic E-state index is -4.73. The van der Waals surface area contributed by atoms with Crippen LogP contribution < -0.4 is 9.61 Å². The van der Waals surface area contributed by atoms with E-state index in [4.69, 9.17) is 5.11 Å². The van der Waals surface area contributed by atoms with Gasteiger partial charge in [0.15, 0.2) is 0 Å². The van der Waals surface area contributed by atoms with Gasteiger partial charge in [-0.15, -0.1) is 0 Å². The predicted molar refractivity (Wildman–Crippen MR) is 66.3 cm³/mol. The highest BCUT2D eigenvalue weighted by Gasteiger charge is 2.36. The molecule has 1 unspecified atom stereocenters. The summed E-state index contributed by atoms with van der Waals surface area (Å²) in [5.41, 5.74) is 0. The minimum Gasteiger partial charge on any atom is -0.480 e. The molecule has 6 nitrogen and oxygen atoms in total. The van der Waals surface area contributed by atoms with Crippen molar-refractivity contribution >= 4 is 13.7 Å². The number of benzene rings is 1. The summed E-state index contributed by atoms with van der Waals surface area (Å²) in [5, 5.41) is 10.5. The lowest BCUT2D eigenvalue weighted by Gasteiger charge is -2.21. The third kappa shape index (κ3) is 4.18. The highest BCUT2D eigenvalue weighted by Crippen LogP contribution is 2.47. The van der Waals surface area contributed by atoms with Gasteiger partial charge in [-0.05, 0) is 13.8 Å². The molecule has 0 aromatic heterocycles. The van der Waals surface area contributed by atoms with E-state index in [1.54, 1.807) is 5.09 Å². The van der Waals surface area contributed by atoms with Gasteiger partial charge >= 0.3 is 13.7 Å². The van der Waals surface area contributed by atoms with E-state index in [0.29, 0.717) is 0 Å². The van der Waals surface area contributed by atoms with Crippen LogP contribution in [-0.4, -0.2) is 23.7 Å². The Bertz CT molecular complexity index is 642. The maximum Gasteiger partial charge on any atom is 0.459 e. The van der Waals surface area contributed by atoms with Crippen molar-refractivity contribution in [1.29, 1.82) is 0 Å². The SMILES string of the molecule is CCO[P@](=O)(NC(C)C(=O)O)Oc1c(F)c(F)c(F)c(F)c1F. The van der Waals surface area contributed by atoms with Gasteiger partial charge in [-0.2, -0.15) is 13.9 Å². The number of hydrogen-bond donors (Lipinski definition) is 2. The summed E-state index contributed by atoms with van der Waals surface area (Å²) in [6.07, 6.45) is 0. The predicted octanol–water partition coefficient (Wildman–Crippen LogP) is 2.97. The van der Waals surface area contributed by atoms with Crippen LogP contribution in [0.25, 0.3) is 0 Å². The Morgan fingerprint density at radius 2 is 1.57 bits per heavy atom. The van der Waals surface area contributed by atoms with Gasteiger partial charge < -0.3 is 9.63 Å². The summed E-state index contributed by atoms with van der Waals surface area (Å²) in [6, 6.07) is -1.56. The molecule has 2 atom stereocenters. The van der Waals surface area contributed by atoms with Crippen molar-refractivity contribution in [3.05, 3.63) is 29.1 Å². The first kappa shape index (κ1) is 19.3. The largest absolute Gasteiger partial charge is 0.480 e. The molecule has 2 N–H and O–H groups in total. The topological polar surface area (TPSA) is 84.9 Å². The molecule has 0 heterocycles. The molecule has 1 rings (SSSR count). The monoisotopic (exact) mass is 363 g/mol. The summed E-state index contributed by atoms with van der Waals surface area (Å²) in [7, 11) is -4.73. The van der Waals surface area contributed by atoms with Crippen LogP contribution in [0.5, 0.6) is 5.75 Å². The Hall–Kier alpha value is -1.71. The van der Waals surface area contributed by atoms with Crippen LogP contribution in [0, 0.1) is 29.1 Å². The molecule has 23 heavy (non-hydrogen) atoms. The average Bonchev–Trinajstić information content (AvgIpc) is 2.47. The van der Waals surface area contributed by atoms with E-state index in [2.05, 4.69) is 9.05 Å². The molecule has 0 aliphatic heterocycles. The maximum absolute atomic E-state index is 13.5. The highest BCUT2D eigenvalue weighted by molar-refractivity contribution is 7.52. The van der Waals surface area contributed by atoms with Gasteiger partial charge in [0.05, 0.1) is 6.61 Å². The molecule has 0 aliphatic rings. The van der Waals surface area contributed by atoms with Gasteiger partial charge in [-0.25, -0.2) is 17.7 Å². The summed E-state index contributed by atoms with van der Waals surface area (Å²) >= 11 is 0. The standard InChI is InChI=1S/C11H11F5NO5P/c1-3-21-23(20,17-4(2)11(18)19)22-10-8(15)6(13)5(12)7(14)9(10)16/h4H,3H2,1-2H3,(H,17,20)(H,18,19)/t4?,23-/m1/s1. The molecule has 0 radical (unpaired) electrons. The second kappa shape index (κ2) is 7.24. The molecule has 130 valence electrons. The van der Waals surface area contributed by atoms with E-state index in [0.717, 1.165) is 6.92 Å². The number of carboxylic acids is 1. The van der Waals surface area contributed by atoms with Crippen LogP contribution in [0.2, 0.25) is 0 Å². The number of halogens is 5. The third-order valence-electron chi connectivity index (χ3n) is 2.40. The fraction of sp³-hybridized carbons (Fsp3) is 0.364. The van der Waals surface area contributed by atoms with Crippen LogP contribution in [0.1, 0.15) is 13.8 Å². The number of carbonyl (C=O) groups is 1. The number of hydrogen-bond acceptors (Lipinski definition) is 4. The van der Waals surface area contributed by atoms with Crippen molar-refractivity contribution in [2.75, 3.05) is 6.61 Å². The molecule has 1 aromatic carbocycles. The van der Waals surface area contributed by atoms with Crippen molar-refractivity contribution < 1.29 is 45.5 Å². The molecular weight excluding hydrogens is 352 g/mol. The highest BCUT2D eigenvalue weighted by atomic mass is 31.2. The van der Waals surface area contributed by atoms with Gasteiger partial charge in [0.1, 0.15) is 6.04 Å². The third-order valence-corrected chi connectivity index (χ3v) is 4.13. The van der Waals surface area contributed by atoms with Crippen molar-refractivity contribution in [3.63, 3.8) is 0 Å². The Morgan fingerprint density at radius 3 is 1.96 bits per heavy atom. The lowest BCUT2D eigenvalue weighted by atomic mass is 10.3. The van der Waals surface area contributed by atoms with Crippen LogP contribution in [-0.2, 0) is 13.9 Å². The number of rotatable bonds is 7. The minimum absolute atomic E-state index is 0.369. The summed E-state index contributed by atoms with van der Waals surface area (Å²) in [4.78, 5) is 10.7. The van der Waals surface area contributed by atoms with Crippen molar-refractivity contribution in [2.45, 2.75) is 19.9 Å². The first-order valence-corrected chi connectivity index (χ1v) is 7.54. The normalized spacial score (nSPS) is 15.1. The van der Waals surface area contributed by atoms with E-state index in [1.807, 2.05) is 0 Å². The van der Waals surface area contributed by atoms with E-state index in [-0.39, 0.29) is 6.61 Å². The fourth-order valence-electron chi connectivity index (χ4n) is 1.34. The Morgan fingerprint density at radius 1 is 1.13 bits per heavy atom. The number of aliphatic carboxylic acids is 1. The second-order valence-corrected chi connectivity index (χ2v) is 5.79. The van der Waals surface area contributed by atoms with Crippen LogP contribution in [0.4, 0.5) is 22.0 Å². The van der Waals surface area contributed by atoms with E-state index < -0.39 is 54.6 Å². The molecule has 0 saturated carbocycles. The van der Waals surface area contributed by atoms with Gasteiger partial charge in [-0.1, -0.05) is 0 Å². The molecular formula is C11H11F5NO5P. The molecule has 12 heteroatoms. The molecule has 0 saturated heterocycles. The Labute approximate surface area is 126 Å². The van der Waals surface area contributed by atoms with Gasteiger partial charge in [0.25, 0.3) is 0 Å². The second-order valence-electron chi connectivity index (χ2n) is 4.09. The zero-order valence-electron chi connectivity index (χ0n) is 11.7. The lowest BCUT2D eigenvalue weighted by Crippen LogP contribution is -2.33. The fourth-order valence-corrected chi connectivity index (χ4v) is 2.84. The van der Waals surface area contributed by atoms with E-state index in [1.165, 1.54) is 6.92 Å².